The van der Waals surface area contributed by atoms with Crippen LogP contribution in [0.3, 0.4) is 0 Å². The number of piperazine rings is 1. The third-order valence-corrected chi connectivity index (χ3v) is 4.65. The zero-order chi connectivity index (χ0) is 17.5. The van der Waals surface area contributed by atoms with Gasteiger partial charge >= 0.3 is 0 Å². The Balaban J connectivity index is 1.39. The van der Waals surface area contributed by atoms with Gasteiger partial charge < -0.3 is 10.2 Å². The molecule has 1 aliphatic heterocycles. The van der Waals surface area contributed by atoms with Crippen LogP contribution in [0.1, 0.15) is 23.8 Å². The number of nitrogens with one attached hydrogen (secondary N) is 1. The average Bonchev–Trinajstić information content (AvgIpc) is 2.68. The molecule has 1 aliphatic rings. The van der Waals surface area contributed by atoms with Crippen LogP contribution in [-0.4, -0.2) is 54.6 Å². The Bertz CT molecular complexity index is 654. The normalized spacial score (nSPS) is 16.4. The van der Waals surface area contributed by atoms with E-state index in [1.54, 1.807) is 12.3 Å². The molecule has 132 valence electrons. The topological polar surface area (TPSA) is 48.5 Å². The van der Waals surface area contributed by atoms with Gasteiger partial charge in [0, 0.05) is 50.6 Å². The molecule has 2 aromatic rings. The molecule has 0 spiro atoms. The minimum Gasteiger partial charge on any atom is -0.369 e. The van der Waals surface area contributed by atoms with Crippen LogP contribution >= 0.6 is 0 Å². The maximum absolute atomic E-state index is 12.1. The van der Waals surface area contributed by atoms with Crippen LogP contribution in [0.25, 0.3) is 0 Å². The monoisotopic (exact) mass is 338 g/mol. The lowest BCUT2D eigenvalue weighted by Crippen LogP contribution is -2.47. The Morgan fingerprint density at radius 3 is 2.48 bits per heavy atom. The molecule has 5 heteroatoms. The first-order valence-electron chi connectivity index (χ1n) is 8.96. The number of carbonyl (C=O) groups is 1. The molecule has 0 saturated carbocycles. The molecule has 1 saturated heterocycles. The number of hydrogen-bond acceptors (Lipinski definition) is 4. The minimum absolute atomic E-state index is 0.0954. The van der Waals surface area contributed by atoms with Crippen LogP contribution in [-0.2, 0) is 0 Å². The van der Waals surface area contributed by atoms with Gasteiger partial charge in [0.2, 0.25) is 0 Å². The average molecular weight is 338 g/mol. The molecule has 1 N–H and O–H groups in total. The predicted molar refractivity (Wildman–Crippen MR) is 101 cm³/mol. The van der Waals surface area contributed by atoms with Gasteiger partial charge in [0.25, 0.3) is 5.91 Å². The van der Waals surface area contributed by atoms with Gasteiger partial charge in [0.1, 0.15) is 5.69 Å². The van der Waals surface area contributed by atoms with E-state index < -0.39 is 0 Å². The Hall–Kier alpha value is -2.40. The van der Waals surface area contributed by atoms with E-state index in [2.05, 4.69) is 57.4 Å². The summed E-state index contributed by atoms with van der Waals surface area (Å²) in [6.07, 6.45) is 2.59. The smallest absolute Gasteiger partial charge is 0.270 e. The van der Waals surface area contributed by atoms with Crippen molar-refractivity contribution < 1.29 is 4.79 Å². The summed E-state index contributed by atoms with van der Waals surface area (Å²) in [6.45, 7) is 7.30. The number of carbonyl (C=O) groups excluding carboxylic acids is 1. The number of hydrogen-bond donors (Lipinski definition) is 1. The summed E-state index contributed by atoms with van der Waals surface area (Å²) in [5, 5.41) is 3.03. The lowest BCUT2D eigenvalue weighted by molar-refractivity contribution is 0.0930. The second-order valence-corrected chi connectivity index (χ2v) is 6.54. The molecule has 1 atom stereocenters. The van der Waals surface area contributed by atoms with Crippen LogP contribution in [0, 0.1) is 0 Å². The third-order valence-electron chi connectivity index (χ3n) is 4.65. The molecule has 0 bridgehead atoms. The predicted octanol–water partition coefficient (Wildman–Crippen LogP) is 2.41. The van der Waals surface area contributed by atoms with Crippen molar-refractivity contribution in [1.82, 2.24) is 15.2 Å². The number of nitrogens with zero attached hydrogens (tertiary/aromatic N) is 3. The lowest BCUT2D eigenvalue weighted by atomic mass is 10.2. The van der Waals surface area contributed by atoms with Crippen molar-refractivity contribution >= 4 is 11.6 Å². The number of rotatable bonds is 6. The Morgan fingerprint density at radius 1 is 1.08 bits per heavy atom. The van der Waals surface area contributed by atoms with E-state index in [-0.39, 0.29) is 11.9 Å². The number of anilines is 1. The van der Waals surface area contributed by atoms with E-state index in [4.69, 9.17) is 0 Å². The second-order valence-electron chi connectivity index (χ2n) is 6.54. The van der Waals surface area contributed by atoms with E-state index in [0.717, 1.165) is 39.1 Å². The first-order valence-corrected chi connectivity index (χ1v) is 8.96. The fourth-order valence-electron chi connectivity index (χ4n) is 3.11. The van der Waals surface area contributed by atoms with Crippen LogP contribution in [0.2, 0.25) is 0 Å². The number of aromatic nitrogens is 1. The van der Waals surface area contributed by atoms with E-state index >= 15 is 0 Å². The highest BCUT2D eigenvalue weighted by atomic mass is 16.1. The van der Waals surface area contributed by atoms with Crippen LogP contribution in [0.15, 0.2) is 54.7 Å². The zero-order valence-electron chi connectivity index (χ0n) is 14.8. The van der Waals surface area contributed by atoms with Gasteiger partial charge in [-0.2, -0.15) is 0 Å². The van der Waals surface area contributed by atoms with Gasteiger partial charge in [-0.25, -0.2) is 0 Å². The first-order chi connectivity index (χ1) is 12.2. The van der Waals surface area contributed by atoms with E-state index in [0.29, 0.717) is 5.69 Å². The molecular weight excluding hydrogens is 312 g/mol. The lowest BCUT2D eigenvalue weighted by Gasteiger charge is -2.36. The maximum atomic E-state index is 12.1. The molecule has 1 aromatic heterocycles. The molecule has 1 aromatic carbocycles. The molecule has 1 unspecified atom stereocenters. The number of benzene rings is 1. The van der Waals surface area contributed by atoms with Crippen molar-refractivity contribution in [2.24, 2.45) is 0 Å². The highest BCUT2D eigenvalue weighted by Crippen LogP contribution is 2.15. The van der Waals surface area contributed by atoms with Gasteiger partial charge in [0.15, 0.2) is 0 Å². The quantitative estimate of drug-likeness (QED) is 0.879. The van der Waals surface area contributed by atoms with Gasteiger partial charge in [-0.3, -0.25) is 14.7 Å². The fraction of sp³-hybridized carbons (Fsp3) is 0.400. The van der Waals surface area contributed by atoms with E-state index in [9.17, 15) is 4.79 Å². The highest BCUT2D eigenvalue weighted by Gasteiger charge is 2.18. The van der Waals surface area contributed by atoms with Crippen molar-refractivity contribution in [1.29, 1.82) is 0 Å². The number of para-hydroxylation sites is 1. The second kappa shape index (κ2) is 8.62. The molecule has 25 heavy (non-hydrogen) atoms. The van der Waals surface area contributed by atoms with Gasteiger partial charge in [0.05, 0.1) is 0 Å². The summed E-state index contributed by atoms with van der Waals surface area (Å²) in [7, 11) is 0. The first kappa shape index (κ1) is 17.4. The summed E-state index contributed by atoms with van der Waals surface area (Å²) in [5.41, 5.74) is 1.78. The van der Waals surface area contributed by atoms with E-state index in [1.165, 1.54) is 5.69 Å². The van der Waals surface area contributed by atoms with Crippen LogP contribution in [0.4, 0.5) is 5.69 Å². The third kappa shape index (κ3) is 5.03. The van der Waals surface area contributed by atoms with E-state index in [1.807, 2.05) is 12.1 Å². The molecule has 0 radical (unpaired) electrons. The Kier molecular flexibility index (Phi) is 6.01. The fourth-order valence-corrected chi connectivity index (χ4v) is 3.11. The maximum Gasteiger partial charge on any atom is 0.270 e. The minimum atomic E-state index is -0.0954. The van der Waals surface area contributed by atoms with Crippen molar-refractivity contribution in [3.63, 3.8) is 0 Å². The Morgan fingerprint density at radius 2 is 1.80 bits per heavy atom. The molecule has 1 fully saturated rings. The summed E-state index contributed by atoms with van der Waals surface area (Å²) in [4.78, 5) is 21.1. The van der Waals surface area contributed by atoms with Crippen molar-refractivity contribution in [2.75, 3.05) is 37.6 Å². The SMILES string of the molecule is CC(CCN1CCN(c2ccccc2)CC1)NC(=O)c1ccccn1. The standard InChI is InChI=1S/C20H26N4O/c1-17(22-20(25)19-9-5-6-11-21-19)10-12-23-13-15-24(16-14-23)18-7-3-2-4-8-18/h2-9,11,17H,10,12-16H2,1H3,(H,22,25). The highest BCUT2D eigenvalue weighted by molar-refractivity contribution is 5.92. The van der Waals surface area contributed by atoms with Gasteiger partial charge in [-0.1, -0.05) is 24.3 Å². The summed E-state index contributed by atoms with van der Waals surface area (Å²) >= 11 is 0. The summed E-state index contributed by atoms with van der Waals surface area (Å²) < 4.78 is 0. The van der Waals surface area contributed by atoms with Crippen molar-refractivity contribution in [3.8, 4) is 0 Å². The zero-order valence-corrected chi connectivity index (χ0v) is 14.8. The van der Waals surface area contributed by atoms with Crippen LogP contribution in [0.5, 0.6) is 0 Å². The van der Waals surface area contributed by atoms with Gasteiger partial charge in [-0.05, 0) is 37.6 Å². The van der Waals surface area contributed by atoms with Crippen LogP contribution < -0.4 is 10.2 Å². The number of amides is 1. The molecule has 2 heterocycles. The van der Waals surface area contributed by atoms with Crippen molar-refractivity contribution in [3.05, 3.63) is 60.4 Å². The number of pyridine rings is 1. The molecule has 5 nitrogen and oxygen atoms in total. The summed E-state index contributed by atoms with van der Waals surface area (Å²) in [5.74, 6) is -0.0954. The molecule has 1 amide bonds. The molecule has 0 aliphatic carbocycles. The van der Waals surface area contributed by atoms with Crippen molar-refractivity contribution in [2.45, 2.75) is 19.4 Å². The summed E-state index contributed by atoms with van der Waals surface area (Å²) in [6, 6.07) is 16.1. The van der Waals surface area contributed by atoms with Gasteiger partial charge in [-0.15, -0.1) is 0 Å². The Labute approximate surface area is 149 Å². The molecule has 3 rings (SSSR count). The largest absolute Gasteiger partial charge is 0.369 e. The molecular formula is C20H26N4O.